The topological polar surface area (TPSA) is 581 Å². The smallest absolute Gasteiger partial charge is 0.409 e. The van der Waals surface area contributed by atoms with Crippen molar-refractivity contribution in [1.82, 2.24) is 84.2 Å². The molecule has 2 aromatic heterocycles. The van der Waals surface area contributed by atoms with Crippen molar-refractivity contribution in [1.29, 1.82) is 0 Å². The van der Waals surface area contributed by atoms with Gasteiger partial charge >= 0.3 is 24.1 Å². The van der Waals surface area contributed by atoms with E-state index in [1.807, 2.05) is 64.7 Å². The number of cyclic esters (lactones) is 1. The van der Waals surface area contributed by atoms with Crippen molar-refractivity contribution in [3.8, 4) is 0 Å². The Morgan fingerprint density at radius 2 is 1.17 bits per heavy atom. The van der Waals surface area contributed by atoms with Crippen LogP contribution in [0.4, 0.5) is 9.59 Å². The first-order valence-electron chi connectivity index (χ1n) is 46.6. The maximum absolute atomic E-state index is 15.5. The molecule has 1 spiro atoms. The average Bonchev–Trinajstić information content (AvgIpc) is 1.64. The highest BCUT2D eigenvalue weighted by Crippen LogP contribution is 2.35. The number of allylic oxidation sites excluding steroid dienone is 3. The molecule has 3 aromatic carbocycles. The summed E-state index contributed by atoms with van der Waals surface area (Å²) in [4.78, 5) is 244. The first-order chi connectivity index (χ1) is 65.4. The van der Waals surface area contributed by atoms with E-state index in [9.17, 15) is 87.5 Å². The van der Waals surface area contributed by atoms with Crippen LogP contribution >= 0.6 is 22.7 Å². The second-order valence-electron chi connectivity index (χ2n) is 36.4. The van der Waals surface area contributed by atoms with Gasteiger partial charge in [0, 0.05) is 76.1 Å². The third-order valence-corrected chi connectivity index (χ3v) is 26.1. The summed E-state index contributed by atoms with van der Waals surface area (Å²) in [6.07, 6.45) is 8.68. The number of aliphatic hydroxyl groups is 2. The highest BCUT2D eigenvalue weighted by molar-refractivity contribution is 7.17. The molecule has 2 unspecified atom stereocenters. The number of amides is 16. The number of nitrogens with one attached hydrogen (secondary N) is 14. The SMILES string of the molecule is CC(=O)N1CCC[C@]12CC=CCCCCCCC=CCCCOC(=O)N1CC3N[C@@H](Cc4ccsc4)C(=O)N[C@@H](Cc4csc5ccccc45)C(=O)N[C@H](C(N)=O)CCC(=O)NCCCC[C@H](NC(=O)[C@H](Cc4ccccc4)NC(=O)[C@H](C)NC(=O)[C@H](C)NC(=O)[C@H](Cc4cccc(C(=O)O)c4)NC(=O)[C@H](CCO)NC(=O)NC(O)[C@H](CC(C)(C)C)NC(=O)[C@H](CC(=O)O)NC2=O)C(=O)N[C@@H]3C1. The number of hydrogen-bond donors (Lipinski definition) is 19. The largest absolute Gasteiger partial charge is 0.481 e. The Morgan fingerprint density at radius 1 is 0.562 bits per heavy atom. The summed E-state index contributed by atoms with van der Waals surface area (Å²) in [5.41, 5.74) is 5.52. The lowest BCUT2D eigenvalue weighted by molar-refractivity contribution is -0.146. The molecule has 6 heterocycles. The van der Waals surface area contributed by atoms with Gasteiger partial charge in [0.25, 0.3) is 0 Å². The number of carboxylic acids is 2. The van der Waals surface area contributed by atoms with E-state index >= 15 is 14.4 Å². The fourth-order valence-electron chi connectivity index (χ4n) is 17.0. The fourth-order valence-corrected chi connectivity index (χ4v) is 18.6. The van der Waals surface area contributed by atoms with Gasteiger partial charge in [-0.1, -0.05) is 119 Å². The predicted octanol–water partition coefficient (Wildman–Crippen LogP) is 3.46. The van der Waals surface area contributed by atoms with Crippen LogP contribution in [0.3, 0.4) is 0 Å². The first-order valence-corrected chi connectivity index (χ1v) is 48.5. The number of carbonyl (C=O) groups is 17. The van der Waals surface area contributed by atoms with Crippen LogP contribution in [0.25, 0.3) is 10.1 Å². The molecule has 3 bridgehead atoms. The number of fused-ring (bicyclic) bond motifs is 4. The Morgan fingerprint density at radius 3 is 1.84 bits per heavy atom. The summed E-state index contributed by atoms with van der Waals surface area (Å²) in [5, 5.41) is 86.4. The summed E-state index contributed by atoms with van der Waals surface area (Å²) < 4.78 is 6.81. The maximum atomic E-state index is 15.5. The van der Waals surface area contributed by atoms with Crippen molar-refractivity contribution in [3.05, 3.63) is 153 Å². The van der Waals surface area contributed by atoms with E-state index in [0.29, 0.717) is 42.4 Å². The van der Waals surface area contributed by atoms with E-state index in [1.165, 1.54) is 77.5 Å². The number of aromatic carboxylic acids is 1. The van der Waals surface area contributed by atoms with Gasteiger partial charge in [-0.05, 0) is 190 Å². The van der Waals surface area contributed by atoms with Crippen LogP contribution in [0, 0.1) is 5.41 Å². The highest BCUT2D eigenvalue weighted by Gasteiger charge is 2.50. The van der Waals surface area contributed by atoms with Crippen molar-refractivity contribution < 1.29 is 107 Å². The molecular formula is C96H131N17O22S2. The summed E-state index contributed by atoms with van der Waals surface area (Å²) in [6, 6.07) is 3.19. The number of primary amides is 1. The van der Waals surface area contributed by atoms with Crippen LogP contribution in [0.15, 0.2) is 125 Å². The fraction of sp³-hybridized carbons (Fsp3) is 0.531. The van der Waals surface area contributed by atoms with Gasteiger partial charge in [0.05, 0.1) is 36.7 Å². The molecule has 4 aliphatic rings. The molecule has 15 atom stereocenters. The van der Waals surface area contributed by atoms with E-state index in [2.05, 4.69) is 74.4 Å². The second kappa shape index (κ2) is 53.1. The molecule has 0 radical (unpaired) electrons. The summed E-state index contributed by atoms with van der Waals surface area (Å²) >= 11 is 2.80. The van der Waals surface area contributed by atoms with Gasteiger partial charge < -0.3 is 110 Å². The monoisotopic (exact) mass is 1940 g/mol. The molecule has 16 amide bonds. The van der Waals surface area contributed by atoms with Crippen LogP contribution in [0.5, 0.6) is 0 Å². The van der Waals surface area contributed by atoms with Crippen molar-refractivity contribution in [3.63, 3.8) is 0 Å². The van der Waals surface area contributed by atoms with Crippen LogP contribution in [-0.4, -0.2) is 261 Å². The molecule has 41 heteroatoms. The van der Waals surface area contributed by atoms with Gasteiger partial charge in [-0.2, -0.15) is 11.3 Å². The summed E-state index contributed by atoms with van der Waals surface area (Å²) in [5.74, 6) is -13.9. The molecule has 0 saturated carbocycles. The Hall–Kier alpha value is -12.7. The normalized spacial score (nSPS) is 26.4. The molecule has 4 aliphatic heterocycles. The van der Waals surface area contributed by atoms with Crippen molar-refractivity contribution in [2.45, 2.75) is 280 Å². The first kappa shape index (κ1) is 108. The van der Waals surface area contributed by atoms with Crippen LogP contribution in [0.2, 0.25) is 0 Å². The molecular weight excluding hydrogens is 1810 g/mol. The standard InChI is InChI=1S/C96H131N17O22S2/c1-57-81(120)99-58(2)82(121)104-70(47-60-28-18-17-19-29-60)87(126)103-67-33-22-24-41-98-78(116)36-35-66(80(97)119)102-88(127)72(50-64-56-137-77-34-21-20-32-65(64)77)106-86(125)69(49-62-38-45-136-55-62)101-75-53-112(54-76(75)108-83(67)122)94(134)135-44-25-16-14-12-10-8-7-9-11-13-15-23-39-96(40-27-42-113(96)59(3)115)92(132)109-73(51-79(117)118)89(128)107-74(52-95(4,5)6)90(129)111-93(133)110-68(37-43-114)84(123)105-71(85(124)100-57)48-61-30-26-31-63(46-61)91(130)131/h12,14-15,17-21,23,26,28-32,34,38,45-46,55-58,66-76,90,101,114,129H,7-11,13,16,22,24-25,27,33,35-37,39-44,47-54H2,1-6H3,(H2,97,119)(H,98,116)(H,99,120)(H,100,124)(H,102,127)(H,103,126)(H,104,121)(H,105,123)(H,106,125)(H,107,128)(H,108,122)(H,109,132)(H,117,118)(H,130,131)(H2,110,111,133)/t57-,58-,66-,67-,68-,69-,70-,71-,72-,73-,74-,75?,76+,90?,96-/m0/s1. The van der Waals surface area contributed by atoms with E-state index in [1.54, 1.807) is 57.2 Å². The zero-order valence-electron chi connectivity index (χ0n) is 78.1. The number of hydrogen-bond acceptors (Lipinski definition) is 23. The van der Waals surface area contributed by atoms with Gasteiger partial charge in [0.1, 0.15) is 66.1 Å². The maximum Gasteiger partial charge on any atom is 0.409 e. The molecule has 39 nitrogen and oxygen atoms in total. The summed E-state index contributed by atoms with van der Waals surface area (Å²) in [7, 11) is 0. The zero-order valence-corrected chi connectivity index (χ0v) is 79.8. The number of ether oxygens (including phenoxy) is 1. The number of carbonyl (C=O) groups excluding carboxylic acids is 15. The van der Waals surface area contributed by atoms with E-state index in [0.717, 1.165) is 42.2 Å². The summed E-state index contributed by atoms with van der Waals surface area (Å²) in [6.45, 7) is 8.11. The van der Waals surface area contributed by atoms with Gasteiger partial charge in [-0.3, -0.25) is 72.4 Å². The Balaban J connectivity index is 1.02. The average molecular weight is 1940 g/mol. The number of nitrogens with zero attached hydrogens (tertiary/aromatic N) is 2. The predicted molar refractivity (Wildman–Crippen MR) is 509 cm³/mol. The van der Waals surface area contributed by atoms with Crippen LogP contribution < -0.4 is 80.2 Å². The van der Waals surface area contributed by atoms with Gasteiger partial charge in [0.15, 0.2) is 0 Å². The molecule has 0 aliphatic carbocycles. The molecule has 744 valence electrons. The molecule has 3 saturated heterocycles. The Bertz CT molecular complexity index is 5090. The number of aliphatic carboxylic acids is 1. The number of thiophene rings is 2. The minimum absolute atomic E-state index is 0.0124. The number of likely N-dealkylation sites (tertiary alicyclic amines) is 1. The van der Waals surface area contributed by atoms with Gasteiger partial charge in [0.2, 0.25) is 76.8 Å². The number of carboxylic acid groups (broad SMARTS) is 2. The van der Waals surface area contributed by atoms with E-state index < -0.39 is 222 Å². The minimum atomic E-state index is -2.02. The van der Waals surface area contributed by atoms with Crippen molar-refractivity contribution in [2.75, 3.05) is 39.4 Å². The number of benzene rings is 3. The van der Waals surface area contributed by atoms with Crippen LogP contribution in [-0.2, 0) is 97.5 Å². The van der Waals surface area contributed by atoms with Crippen molar-refractivity contribution >= 4 is 134 Å². The van der Waals surface area contributed by atoms with E-state index in [-0.39, 0.29) is 115 Å². The molecule has 20 N–H and O–H groups in total. The highest BCUT2D eigenvalue weighted by atomic mass is 32.1. The second-order valence-corrected chi connectivity index (χ2v) is 38.1. The quantitative estimate of drug-likeness (QED) is 0.0667. The van der Waals surface area contributed by atoms with Crippen molar-refractivity contribution in [2.24, 2.45) is 11.1 Å². The molecule has 137 heavy (non-hydrogen) atoms. The van der Waals surface area contributed by atoms with Gasteiger partial charge in [-0.25, -0.2) is 14.4 Å². The number of nitrogens with two attached hydrogens (primary N) is 1. The lowest BCUT2D eigenvalue weighted by Crippen LogP contribution is -2.63. The lowest BCUT2D eigenvalue weighted by Gasteiger charge is -2.37. The number of rotatable bonds is 15. The molecule has 5 aromatic rings. The van der Waals surface area contributed by atoms with Gasteiger partial charge in [-0.15, -0.1) is 11.3 Å². The molecule has 3 fully saturated rings. The Kier molecular flexibility index (Phi) is 41.8. The van der Waals surface area contributed by atoms with E-state index in [4.69, 9.17) is 10.5 Å². The Labute approximate surface area is 803 Å². The third kappa shape index (κ3) is 33.9. The number of aliphatic hydroxyl groups excluding tert-OH is 2. The third-order valence-electron chi connectivity index (χ3n) is 24.3. The zero-order chi connectivity index (χ0) is 99.5. The lowest BCUT2D eigenvalue weighted by atomic mass is 9.87. The molecule has 9 rings (SSSR count). The minimum Gasteiger partial charge on any atom is -0.481 e. The number of urea groups is 1. The van der Waals surface area contributed by atoms with Crippen LogP contribution in [0.1, 0.15) is 196 Å².